The monoisotopic (exact) mass is 354 g/mol. The predicted molar refractivity (Wildman–Crippen MR) is 101 cm³/mol. The topological polar surface area (TPSA) is 50.4 Å². The van der Waals surface area contributed by atoms with E-state index in [2.05, 4.69) is 23.6 Å². The van der Waals surface area contributed by atoms with Crippen LogP contribution in [0.15, 0.2) is 24.3 Å². The lowest BCUT2D eigenvalue weighted by Crippen LogP contribution is -2.33. The summed E-state index contributed by atoms with van der Waals surface area (Å²) in [6, 6.07) is 8.03. The number of hydrogen-bond donors (Lipinski definition) is 2. The minimum Gasteiger partial charge on any atom is -0.496 e. The van der Waals surface area contributed by atoms with E-state index < -0.39 is 0 Å². The third-order valence-electron chi connectivity index (χ3n) is 4.57. The van der Waals surface area contributed by atoms with Gasteiger partial charge in [0, 0.05) is 13.0 Å². The summed E-state index contributed by atoms with van der Waals surface area (Å²) in [6.45, 7) is 5.16. The van der Waals surface area contributed by atoms with Crippen LogP contribution >= 0.6 is 12.4 Å². The molecule has 1 aromatic carbocycles. The molecule has 1 heterocycles. The van der Waals surface area contributed by atoms with Gasteiger partial charge in [-0.1, -0.05) is 25.1 Å². The van der Waals surface area contributed by atoms with Crippen molar-refractivity contribution in [3.63, 3.8) is 0 Å². The molecule has 2 atom stereocenters. The van der Waals surface area contributed by atoms with Crippen LogP contribution in [0, 0.1) is 11.8 Å². The first-order chi connectivity index (χ1) is 11.2. The number of halogens is 1. The number of ether oxygens (including phenoxy) is 1. The summed E-state index contributed by atoms with van der Waals surface area (Å²) in [4.78, 5) is 12.1. The Balaban J connectivity index is 0.00000288. The second kappa shape index (κ2) is 11.3. The zero-order valence-corrected chi connectivity index (χ0v) is 15.7. The van der Waals surface area contributed by atoms with Crippen LogP contribution in [0.25, 0.3) is 0 Å². The average molecular weight is 355 g/mol. The SMILES string of the molecule is COc1ccccc1CC(C)CC(=O)NCCC1CCCNC1.Cl. The molecule has 0 aromatic heterocycles. The third-order valence-corrected chi connectivity index (χ3v) is 4.57. The van der Waals surface area contributed by atoms with Crippen molar-refractivity contribution in [2.24, 2.45) is 11.8 Å². The van der Waals surface area contributed by atoms with Crippen LogP contribution in [0.5, 0.6) is 5.75 Å². The molecule has 1 aliphatic heterocycles. The Morgan fingerprint density at radius 2 is 2.21 bits per heavy atom. The highest BCUT2D eigenvalue weighted by atomic mass is 35.5. The molecule has 1 aromatic rings. The number of methoxy groups -OCH3 is 1. The molecular formula is C19H31ClN2O2. The second-order valence-corrected chi connectivity index (χ2v) is 6.68. The Bertz CT molecular complexity index is 490. The molecule has 1 amide bonds. The van der Waals surface area contributed by atoms with Gasteiger partial charge in [-0.2, -0.15) is 0 Å². The Hall–Kier alpha value is -1.26. The van der Waals surface area contributed by atoms with Crippen LogP contribution < -0.4 is 15.4 Å². The number of nitrogens with one attached hydrogen (secondary N) is 2. The highest BCUT2D eigenvalue weighted by molar-refractivity contribution is 5.85. The first kappa shape index (κ1) is 20.8. The van der Waals surface area contributed by atoms with Gasteiger partial charge in [0.2, 0.25) is 5.91 Å². The summed E-state index contributed by atoms with van der Waals surface area (Å²) < 4.78 is 5.38. The van der Waals surface area contributed by atoms with Crippen molar-refractivity contribution >= 4 is 18.3 Å². The maximum atomic E-state index is 12.1. The van der Waals surface area contributed by atoms with Gasteiger partial charge in [0.05, 0.1) is 7.11 Å². The standard InChI is InChI=1S/C19H30N2O2.ClH/c1-15(12-17-7-3-4-8-18(17)23-2)13-19(22)21-11-9-16-6-5-10-20-14-16;/h3-4,7-8,15-16,20H,5-6,9-14H2,1-2H3,(H,21,22);1H. The Kier molecular flexibility index (Phi) is 9.80. The van der Waals surface area contributed by atoms with E-state index in [1.807, 2.05) is 18.2 Å². The second-order valence-electron chi connectivity index (χ2n) is 6.68. The highest BCUT2D eigenvalue weighted by Crippen LogP contribution is 2.22. The number of carbonyl (C=O) groups is 1. The fourth-order valence-electron chi connectivity index (χ4n) is 3.29. The van der Waals surface area contributed by atoms with E-state index in [9.17, 15) is 4.79 Å². The van der Waals surface area contributed by atoms with E-state index >= 15 is 0 Å². The van der Waals surface area contributed by atoms with Crippen LogP contribution in [-0.2, 0) is 11.2 Å². The van der Waals surface area contributed by atoms with Crippen molar-refractivity contribution in [1.29, 1.82) is 0 Å². The largest absolute Gasteiger partial charge is 0.496 e. The summed E-state index contributed by atoms with van der Waals surface area (Å²) in [7, 11) is 1.69. The van der Waals surface area contributed by atoms with Crippen LogP contribution in [0.4, 0.5) is 0 Å². The molecule has 1 aliphatic rings. The van der Waals surface area contributed by atoms with E-state index in [1.54, 1.807) is 7.11 Å². The minimum absolute atomic E-state index is 0. The smallest absolute Gasteiger partial charge is 0.220 e. The molecule has 1 fully saturated rings. The molecule has 2 rings (SSSR count). The number of hydrogen-bond acceptors (Lipinski definition) is 3. The van der Waals surface area contributed by atoms with Gasteiger partial charge < -0.3 is 15.4 Å². The van der Waals surface area contributed by atoms with Crippen molar-refractivity contribution in [2.75, 3.05) is 26.7 Å². The molecular weight excluding hydrogens is 324 g/mol. The van der Waals surface area contributed by atoms with Gasteiger partial charge in [0.15, 0.2) is 0 Å². The first-order valence-electron chi connectivity index (χ1n) is 8.78. The first-order valence-corrected chi connectivity index (χ1v) is 8.78. The molecule has 2 N–H and O–H groups in total. The normalized spacial score (nSPS) is 18.3. The average Bonchev–Trinajstić information content (AvgIpc) is 2.56. The van der Waals surface area contributed by atoms with Crippen molar-refractivity contribution in [2.45, 2.75) is 39.0 Å². The van der Waals surface area contributed by atoms with Crippen molar-refractivity contribution in [3.05, 3.63) is 29.8 Å². The maximum Gasteiger partial charge on any atom is 0.220 e. The van der Waals surface area contributed by atoms with Crippen molar-refractivity contribution in [1.82, 2.24) is 10.6 Å². The van der Waals surface area contributed by atoms with Gasteiger partial charge in [-0.05, 0) is 62.2 Å². The quantitative estimate of drug-likeness (QED) is 0.753. The van der Waals surface area contributed by atoms with Crippen LogP contribution in [0.1, 0.15) is 38.2 Å². The van der Waals surface area contributed by atoms with E-state index in [-0.39, 0.29) is 18.3 Å². The third kappa shape index (κ3) is 7.10. The number of carbonyl (C=O) groups excluding carboxylic acids is 1. The molecule has 136 valence electrons. The van der Waals surface area contributed by atoms with E-state index in [1.165, 1.54) is 18.4 Å². The number of amides is 1. The molecule has 1 saturated heterocycles. The summed E-state index contributed by atoms with van der Waals surface area (Å²) in [6.07, 6.45) is 5.06. The zero-order chi connectivity index (χ0) is 16.5. The molecule has 5 heteroatoms. The maximum absolute atomic E-state index is 12.1. The summed E-state index contributed by atoms with van der Waals surface area (Å²) in [5.74, 6) is 2.10. The van der Waals surface area contributed by atoms with Crippen molar-refractivity contribution < 1.29 is 9.53 Å². The van der Waals surface area contributed by atoms with Gasteiger partial charge in [-0.15, -0.1) is 12.4 Å². The molecule has 0 aliphatic carbocycles. The summed E-state index contributed by atoms with van der Waals surface area (Å²) in [5, 5.41) is 6.50. The fraction of sp³-hybridized carbons (Fsp3) is 0.632. The van der Waals surface area contributed by atoms with Gasteiger partial charge in [0.1, 0.15) is 5.75 Å². The molecule has 4 nitrogen and oxygen atoms in total. The van der Waals surface area contributed by atoms with E-state index in [0.29, 0.717) is 12.3 Å². The van der Waals surface area contributed by atoms with Gasteiger partial charge >= 0.3 is 0 Å². The van der Waals surface area contributed by atoms with Gasteiger partial charge in [-0.25, -0.2) is 0 Å². The molecule has 24 heavy (non-hydrogen) atoms. The lowest BCUT2D eigenvalue weighted by Gasteiger charge is -2.22. The Labute approximate surface area is 152 Å². The lowest BCUT2D eigenvalue weighted by atomic mass is 9.95. The Morgan fingerprint density at radius 3 is 2.92 bits per heavy atom. The molecule has 2 unspecified atom stereocenters. The summed E-state index contributed by atoms with van der Waals surface area (Å²) in [5.41, 5.74) is 1.17. The summed E-state index contributed by atoms with van der Waals surface area (Å²) >= 11 is 0. The molecule has 0 spiro atoms. The van der Waals surface area contributed by atoms with Crippen LogP contribution in [0.2, 0.25) is 0 Å². The Morgan fingerprint density at radius 1 is 1.42 bits per heavy atom. The molecule has 0 radical (unpaired) electrons. The van der Waals surface area contributed by atoms with Crippen LogP contribution in [0.3, 0.4) is 0 Å². The number of rotatable bonds is 8. The van der Waals surface area contributed by atoms with Crippen molar-refractivity contribution in [3.8, 4) is 5.75 Å². The minimum atomic E-state index is 0. The lowest BCUT2D eigenvalue weighted by molar-refractivity contribution is -0.121. The zero-order valence-electron chi connectivity index (χ0n) is 14.8. The van der Waals surface area contributed by atoms with Gasteiger partial charge in [-0.3, -0.25) is 4.79 Å². The van der Waals surface area contributed by atoms with E-state index in [0.717, 1.165) is 44.1 Å². The fourth-order valence-corrected chi connectivity index (χ4v) is 3.29. The highest BCUT2D eigenvalue weighted by Gasteiger charge is 2.15. The van der Waals surface area contributed by atoms with Crippen LogP contribution in [-0.4, -0.2) is 32.7 Å². The van der Waals surface area contributed by atoms with E-state index in [4.69, 9.17) is 4.74 Å². The predicted octanol–water partition coefficient (Wildman–Crippen LogP) is 3.19. The number of piperidine rings is 1. The number of para-hydroxylation sites is 1. The molecule has 0 saturated carbocycles. The molecule has 0 bridgehead atoms. The number of benzene rings is 1. The van der Waals surface area contributed by atoms with Gasteiger partial charge in [0.25, 0.3) is 0 Å².